The number of allylic oxidation sites excluding steroid dienone is 2. The van der Waals surface area contributed by atoms with E-state index >= 15 is 0 Å². The number of fused-ring (bicyclic) bond motifs is 5. The Hall–Kier alpha value is -3.52. The van der Waals surface area contributed by atoms with Gasteiger partial charge in [-0.25, -0.2) is 0 Å². The quantitative estimate of drug-likeness (QED) is 0.101. The van der Waals surface area contributed by atoms with Crippen LogP contribution in [-0.2, 0) is 16.4 Å². The number of hydrogen-bond donors (Lipinski definition) is 0. The van der Waals surface area contributed by atoms with E-state index in [4.69, 9.17) is 0 Å². The van der Waals surface area contributed by atoms with Crippen molar-refractivity contribution in [1.82, 2.24) is 0 Å². The average molecular weight is 922 g/mol. The van der Waals surface area contributed by atoms with Crippen LogP contribution in [-0.4, -0.2) is 9.52 Å². The number of rotatable bonds is 13. The van der Waals surface area contributed by atoms with Crippen LogP contribution in [0.25, 0.3) is 45.5 Å². The van der Waals surface area contributed by atoms with E-state index in [9.17, 15) is 17.0 Å². The molecule has 60 heavy (non-hydrogen) atoms. The summed E-state index contributed by atoms with van der Waals surface area (Å²) in [5.74, 6) is 0.905. The van der Waals surface area contributed by atoms with Crippen molar-refractivity contribution in [3.63, 3.8) is 0 Å². The molecule has 4 unspecified atom stereocenters. The molecule has 4 atom stereocenters. The summed E-state index contributed by atoms with van der Waals surface area (Å²) in [4.78, 5) is 0. The second-order valence-electron chi connectivity index (χ2n) is 18.0. The molecule has 0 N–H and O–H groups in total. The molecule has 0 spiro atoms. The molecule has 0 amide bonds. The van der Waals surface area contributed by atoms with E-state index < -0.39 is 25.9 Å². The van der Waals surface area contributed by atoms with E-state index in [2.05, 4.69) is 181 Å². The third-order valence-corrected chi connectivity index (χ3v) is 37.4. The monoisotopic (exact) mass is 919 g/mol. The van der Waals surface area contributed by atoms with Gasteiger partial charge in [-0.3, -0.25) is 0 Å². The Morgan fingerprint density at radius 2 is 0.933 bits per heavy atom. The molecule has 0 radical (unpaired) electrons. The number of hydrogen-bond acceptors (Lipinski definition) is 0. The van der Waals surface area contributed by atoms with Crippen molar-refractivity contribution in [2.75, 3.05) is 0 Å². The van der Waals surface area contributed by atoms with Gasteiger partial charge in [-0.15, -0.1) is 0 Å². The molecule has 6 aromatic carbocycles. The molecule has 3 aliphatic rings. The third kappa shape index (κ3) is 6.61. The maximum atomic E-state index is 9.40. The molecular weight excluding hydrogens is 863 g/mol. The summed E-state index contributed by atoms with van der Waals surface area (Å²) < 4.78 is 1.17. The Morgan fingerprint density at radius 1 is 0.500 bits per heavy atom. The van der Waals surface area contributed by atoms with Crippen LogP contribution in [0.2, 0.25) is 0 Å². The molecule has 0 saturated heterocycles. The van der Waals surface area contributed by atoms with E-state index in [0.717, 1.165) is 38.5 Å². The van der Waals surface area contributed by atoms with Gasteiger partial charge in [0.05, 0.1) is 0 Å². The predicted octanol–water partition coefficient (Wildman–Crippen LogP) is 14.6. The molecule has 9 rings (SSSR count). The molecule has 1 heterocycles. The van der Waals surface area contributed by atoms with Crippen molar-refractivity contribution in [3.05, 3.63) is 172 Å². The molecule has 0 aromatic heterocycles. The van der Waals surface area contributed by atoms with Crippen LogP contribution in [0.4, 0.5) is 0 Å². The van der Waals surface area contributed by atoms with Crippen LogP contribution in [0.3, 0.4) is 0 Å². The number of benzene rings is 6. The Labute approximate surface area is 370 Å². The molecule has 0 saturated carbocycles. The van der Waals surface area contributed by atoms with Gasteiger partial charge < -0.3 is 0 Å². The summed E-state index contributed by atoms with van der Waals surface area (Å²) >= 11 is -5.62. The molecule has 1 aliphatic heterocycles. The number of halogens is 2. The molecular formula is C56H59Cl2SiZr. The summed E-state index contributed by atoms with van der Waals surface area (Å²) in [5, 5.41) is 2.99. The Bertz CT molecular complexity index is 2550. The van der Waals surface area contributed by atoms with Gasteiger partial charge in [-0.05, 0) is 0 Å². The van der Waals surface area contributed by atoms with E-state index in [0.29, 0.717) is 11.8 Å². The van der Waals surface area contributed by atoms with Gasteiger partial charge in [0.15, 0.2) is 0 Å². The Balaban J connectivity index is 1.36. The zero-order valence-corrected chi connectivity index (χ0v) is 41.7. The fourth-order valence-electron chi connectivity index (χ4n) is 11.5. The van der Waals surface area contributed by atoms with Crippen molar-refractivity contribution in [1.29, 1.82) is 0 Å². The van der Waals surface area contributed by atoms with E-state index in [1.54, 1.807) is 0 Å². The normalized spacial score (nSPS) is 18.5. The van der Waals surface area contributed by atoms with E-state index in [-0.39, 0.29) is 7.25 Å². The fourth-order valence-corrected chi connectivity index (χ4v) is 39.5. The Kier molecular flexibility index (Phi) is 11.6. The van der Waals surface area contributed by atoms with Crippen LogP contribution in [0.5, 0.6) is 0 Å². The molecule has 2 aliphatic carbocycles. The van der Waals surface area contributed by atoms with E-state index in [1.165, 1.54) is 91.6 Å². The minimum absolute atomic E-state index is 0.0723. The van der Waals surface area contributed by atoms with Gasteiger partial charge in [0, 0.05) is 0 Å². The van der Waals surface area contributed by atoms with Crippen molar-refractivity contribution >= 4 is 52.3 Å². The zero-order chi connectivity index (χ0) is 41.8. The predicted molar refractivity (Wildman–Crippen MR) is 263 cm³/mol. The summed E-state index contributed by atoms with van der Waals surface area (Å²) in [6.07, 6.45) is 11.3. The van der Waals surface area contributed by atoms with Crippen molar-refractivity contribution < 1.29 is 16.4 Å². The fraction of sp³-hybridized carbons (Fsp3) is 0.286. The topological polar surface area (TPSA) is 0 Å². The summed E-state index contributed by atoms with van der Waals surface area (Å²) in [6.45, 7) is 14.0. The standard InChI is InChI=1S/2C22H25.C12H9Si.2ClH.Zr/c2*1-4-9-17-14-18-10-8-13-21(22(18)15-17)20-12-7-6-11-19(20)16(3)5-2;1-3-7-11-9(5-1)10-6-2-4-8-12(10)13-11;;;/h2*6-8,10-16H,4-5,9H2,1-3H3;1-7H,13H2;2*1H;/q;;;;;+2/p-2. The first-order valence-electron chi connectivity index (χ1n) is 22.8. The molecule has 0 bridgehead atoms. The van der Waals surface area contributed by atoms with Gasteiger partial charge >= 0.3 is 373 Å². The third-order valence-electron chi connectivity index (χ3n) is 14.6. The van der Waals surface area contributed by atoms with Crippen molar-refractivity contribution in [2.45, 2.75) is 99.2 Å². The van der Waals surface area contributed by atoms with Crippen molar-refractivity contribution in [2.24, 2.45) is 0 Å². The van der Waals surface area contributed by atoms with Gasteiger partial charge in [0.1, 0.15) is 0 Å². The first kappa shape index (κ1) is 41.8. The second kappa shape index (κ2) is 16.6. The van der Waals surface area contributed by atoms with Crippen LogP contribution < -0.4 is 13.6 Å². The van der Waals surface area contributed by atoms with E-state index in [1.807, 2.05) is 0 Å². The summed E-state index contributed by atoms with van der Waals surface area (Å²) in [5.41, 5.74) is 19.0. The van der Waals surface area contributed by atoms with Crippen LogP contribution >= 0.6 is 17.0 Å². The first-order chi connectivity index (χ1) is 29.1. The van der Waals surface area contributed by atoms with Gasteiger partial charge in [-0.2, -0.15) is 0 Å². The zero-order valence-electron chi connectivity index (χ0n) is 36.3. The minimum atomic E-state index is -5.62. The maximum absolute atomic E-state index is 9.40. The molecule has 4 heteroatoms. The molecule has 305 valence electrons. The first-order valence-corrected chi connectivity index (χ1v) is 34.6. The SMILES string of the molecule is CCCC1=Cc2c(-c3ccccc3C(C)CC)cccc2[CH]1[Zr]([Cl])([Cl])([c]1cccc2c1[SiH2]c1ccccc1-2)[CH]1C(CCC)=Cc2c(-c3ccccc3C(C)CC)cccc21. The van der Waals surface area contributed by atoms with Crippen molar-refractivity contribution in [3.8, 4) is 33.4 Å². The summed E-state index contributed by atoms with van der Waals surface area (Å²) in [6, 6.07) is 48.5. The van der Waals surface area contributed by atoms with Gasteiger partial charge in [0.2, 0.25) is 0 Å². The second-order valence-corrected chi connectivity index (χ2v) is 40.5. The molecule has 0 fully saturated rings. The molecule has 0 nitrogen and oxygen atoms in total. The summed E-state index contributed by atoms with van der Waals surface area (Å²) in [7, 11) is 17.9. The average Bonchev–Trinajstić information content (AvgIpc) is 3.98. The Morgan fingerprint density at radius 3 is 1.43 bits per heavy atom. The van der Waals surface area contributed by atoms with Gasteiger partial charge in [-0.1, -0.05) is 0 Å². The van der Waals surface area contributed by atoms with Crippen LogP contribution in [0.15, 0.2) is 139 Å². The molecule has 6 aromatic rings. The van der Waals surface area contributed by atoms with Crippen LogP contribution in [0, 0.1) is 0 Å². The van der Waals surface area contributed by atoms with Gasteiger partial charge in [0.25, 0.3) is 0 Å². The van der Waals surface area contributed by atoms with Crippen LogP contribution in [0.1, 0.15) is 133 Å².